The van der Waals surface area contributed by atoms with Crippen LogP contribution in [-0.2, 0) is 12.8 Å². The number of fused-ring (bicyclic) bond motifs is 1. The number of hydrogen-bond donors (Lipinski definition) is 2. The second kappa shape index (κ2) is 5.70. The van der Waals surface area contributed by atoms with Crippen molar-refractivity contribution >= 4 is 39.5 Å². The van der Waals surface area contributed by atoms with E-state index < -0.39 is 0 Å². The second-order valence-electron chi connectivity index (χ2n) is 5.56. The van der Waals surface area contributed by atoms with Gasteiger partial charge in [0, 0.05) is 15.6 Å². The zero-order chi connectivity index (χ0) is 15.0. The third kappa shape index (κ3) is 2.92. The summed E-state index contributed by atoms with van der Waals surface area (Å²) in [4.78, 5) is 13.8. The van der Waals surface area contributed by atoms with E-state index in [2.05, 4.69) is 12.2 Å². The molecule has 0 aliphatic heterocycles. The van der Waals surface area contributed by atoms with E-state index in [9.17, 15) is 4.79 Å². The minimum atomic E-state index is -0.137. The van der Waals surface area contributed by atoms with Crippen LogP contribution in [0.4, 0.5) is 10.7 Å². The standard InChI is InChI=1S/C16H17ClN2OS/c1-9-5-6-12-13(7-9)21-15(18)14(12)16(20)19-11-4-2-3-10(17)8-11/h2-4,8-9H,5-7,18H2,1H3,(H,19,20)/t9-/m0/s1. The number of nitrogen functional groups attached to an aromatic ring is 1. The molecule has 0 radical (unpaired) electrons. The van der Waals surface area contributed by atoms with E-state index in [-0.39, 0.29) is 5.91 Å². The molecule has 1 aliphatic rings. The molecule has 1 heterocycles. The van der Waals surface area contributed by atoms with Crippen LogP contribution in [0, 0.1) is 5.92 Å². The van der Waals surface area contributed by atoms with E-state index in [1.54, 1.807) is 23.5 Å². The third-order valence-electron chi connectivity index (χ3n) is 3.85. The van der Waals surface area contributed by atoms with E-state index >= 15 is 0 Å². The van der Waals surface area contributed by atoms with Crippen LogP contribution >= 0.6 is 22.9 Å². The largest absolute Gasteiger partial charge is 0.390 e. The van der Waals surface area contributed by atoms with Crippen molar-refractivity contribution < 1.29 is 4.79 Å². The van der Waals surface area contributed by atoms with E-state index in [1.165, 1.54) is 4.88 Å². The highest BCUT2D eigenvalue weighted by molar-refractivity contribution is 7.16. The van der Waals surface area contributed by atoms with Crippen molar-refractivity contribution in [3.05, 3.63) is 45.3 Å². The van der Waals surface area contributed by atoms with Crippen molar-refractivity contribution in [3.8, 4) is 0 Å². The Balaban J connectivity index is 1.88. The minimum absolute atomic E-state index is 0.137. The molecule has 21 heavy (non-hydrogen) atoms. The Hall–Kier alpha value is -1.52. The van der Waals surface area contributed by atoms with Gasteiger partial charge < -0.3 is 11.1 Å². The molecule has 0 saturated carbocycles. The van der Waals surface area contributed by atoms with Crippen molar-refractivity contribution in [2.24, 2.45) is 5.92 Å². The van der Waals surface area contributed by atoms with Crippen LogP contribution in [0.25, 0.3) is 0 Å². The average molecular weight is 321 g/mol. The summed E-state index contributed by atoms with van der Waals surface area (Å²) in [6.45, 7) is 2.24. The molecule has 1 atom stereocenters. The lowest BCUT2D eigenvalue weighted by molar-refractivity contribution is 0.102. The van der Waals surface area contributed by atoms with Crippen LogP contribution in [0.3, 0.4) is 0 Å². The molecule has 3 N–H and O–H groups in total. The number of rotatable bonds is 2. The first-order valence-electron chi connectivity index (χ1n) is 7.01. The molecule has 3 rings (SSSR count). The molecule has 1 aromatic carbocycles. The van der Waals surface area contributed by atoms with Crippen molar-refractivity contribution in [3.63, 3.8) is 0 Å². The van der Waals surface area contributed by atoms with Gasteiger partial charge in [-0.25, -0.2) is 0 Å². The summed E-state index contributed by atoms with van der Waals surface area (Å²) in [6.07, 6.45) is 3.07. The molecule has 0 spiro atoms. The van der Waals surface area contributed by atoms with Gasteiger partial charge in [-0.3, -0.25) is 4.79 Å². The van der Waals surface area contributed by atoms with Gasteiger partial charge in [0.25, 0.3) is 5.91 Å². The second-order valence-corrected chi connectivity index (χ2v) is 7.13. The molecular formula is C16H17ClN2OS. The Kier molecular flexibility index (Phi) is 3.91. The quantitative estimate of drug-likeness (QED) is 0.863. The summed E-state index contributed by atoms with van der Waals surface area (Å²) < 4.78 is 0. The fourth-order valence-corrected chi connectivity index (χ4v) is 4.25. The Morgan fingerprint density at radius 1 is 1.48 bits per heavy atom. The summed E-state index contributed by atoms with van der Waals surface area (Å²) in [5.74, 6) is 0.529. The molecule has 110 valence electrons. The topological polar surface area (TPSA) is 55.1 Å². The van der Waals surface area contributed by atoms with E-state index in [0.29, 0.717) is 27.2 Å². The Morgan fingerprint density at radius 3 is 3.05 bits per heavy atom. The highest BCUT2D eigenvalue weighted by Crippen LogP contribution is 2.38. The van der Waals surface area contributed by atoms with Crippen molar-refractivity contribution in [1.82, 2.24) is 0 Å². The maximum atomic E-state index is 12.5. The van der Waals surface area contributed by atoms with Crippen LogP contribution in [0.5, 0.6) is 0 Å². The summed E-state index contributed by atoms with van der Waals surface area (Å²) >= 11 is 7.50. The normalized spacial score (nSPS) is 17.3. The van der Waals surface area contributed by atoms with Crippen LogP contribution in [0.2, 0.25) is 5.02 Å². The summed E-state index contributed by atoms with van der Waals surface area (Å²) in [7, 11) is 0. The maximum Gasteiger partial charge on any atom is 0.258 e. The van der Waals surface area contributed by atoms with Gasteiger partial charge in [0.15, 0.2) is 0 Å². The number of halogens is 1. The molecule has 5 heteroatoms. The molecule has 0 unspecified atom stereocenters. The Morgan fingerprint density at radius 2 is 2.29 bits per heavy atom. The molecule has 0 bridgehead atoms. The van der Waals surface area contributed by atoms with Crippen molar-refractivity contribution in [1.29, 1.82) is 0 Å². The van der Waals surface area contributed by atoms with E-state index in [1.807, 2.05) is 12.1 Å². The van der Waals surface area contributed by atoms with Gasteiger partial charge in [-0.15, -0.1) is 11.3 Å². The zero-order valence-corrected chi connectivity index (χ0v) is 13.4. The summed E-state index contributed by atoms with van der Waals surface area (Å²) in [6, 6.07) is 7.14. The summed E-state index contributed by atoms with van der Waals surface area (Å²) in [5.41, 5.74) is 8.56. The minimum Gasteiger partial charge on any atom is -0.390 e. The first-order valence-corrected chi connectivity index (χ1v) is 8.21. The number of carbonyl (C=O) groups excluding carboxylic acids is 1. The third-order valence-corrected chi connectivity index (χ3v) is 5.17. The Labute approximate surface area is 133 Å². The van der Waals surface area contributed by atoms with Crippen LogP contribution < -0.4 is 11.1 Å². The first kappa shape index (κ1) is 14.4. The van der Waals surface area contributed by atoms with Crippen LogP contribution in [0.15, 0.2) is 24.3 Å². The van der Waals surface area contributed by atoms with Gasteiger partial charge in [-0.05, 0) is 48.9 Å². The molecule has 1 amide bonds. The van der Waals surface area contributed by atoms with Gasteiger partial charge >= 0.3 is 0 Å². The van der Waals surface area contributed by atoms with Gasteiger partial charge in [0.1, 0.15) is 0 Å². The average Bonchev–Trinajstić information content (AvgIpc) is 2.73. The number of amides is 1. The van der Waals surface area contributed by atoms with E-state index in [4.69, 9.17) is 17.3 Å². The molecule has 0 fully saturated rings. The lowest BCUT2D eigenvalue weighted by Crippen LogP contribution is -2.17. The van der Waals surface area contributed by atoms with Gasteiger partial charge in [0.05, 0.1) is 10.6 Å². The number of anilines is 2. The maximum absolute atomic E-state index is 12.5. The lowest BCUT2D eigenvalue weighted by Gasteiger charge is -2.18. The highest BCUT2D eigenvalue weighted by atomic mass is 35.5. The monoisotopic (exact) mass is 320 g/mol. The summed E-state index contributed by atoms with van der Waals surface area (Å²) in [5, 5.41) is 4.11. The van der Waals surface area contributed by atoms with Crippen LogP contribution in [0.1, 0.15) is 34.1 Å². The highest BCUT2D eigenvalue weighted by Gasteiger charge is 2.26. The molecular weight excluding hydrogens is 304 g/mol. The molecule has 1 aliphatic carbocycles. The Bertz CT molecular complexity index is 696. The molecule has 1 aromatic heterocycles. The predicted molar refractivity (Wildman–Crippen MR) is 89.3 cm³/mol. The smallest absolute Gasteiger partial charge is 0.258 e. The number of benzene rings is 1. The predicted octanol–water partition coefficient (Wildman–Crippen LogP) is 4.36. The van der Waals surface area contributed by atoms with Gasteiger partial charge in [-0.2, -0.15) is 0 Å². The number of carbonyl (C=O) groups is 1. The van der Waals surface area contributed by atoms with Crippen molar-refractivity contribution in [2.45, 2.75) is 26.2 Å². The first-order chi connectivity index (χ1) is 10.0. The van der Waals surface area contributed by atoms with Crippen molar-refractivity contribution in [2.75, 3.05) is 11.1 Å². The fourth-order valence-electron chi connectivity index (χ4n) is 2.78. The molecule has 0 saturated heterocycles. The van der Waals surface area contributed by atoms with Gasteiger partial charge in [-0.1, -0.05) is 24.6 Å². The van der Waals surface area contributed by atoms with E-state index in [0.717, 1.165) is 24.8 Å². The fraction of sp³-hybridized carbons (Fsp3) is 0.312. The zero-order valence-electron chi connectivity index (χ0n) is 11.8. The number of nitrogens with one attached hydrogen (secondary N) is 1. The van der Waals surface area contributed by atoms with Crippen LogP contribution in [-0.4, -0.2) is 5.91 Å². The number of thiophene rings is 1. The lowest BCUT2D eigenvalue weighted by atomic mass is 9.88. The number of nitrogens with two attached hydrogens (primary N) is 1. The SMILES string of the molecule is C[C@H]1CCc2c(sc(N)c2C(=O)Nc2cccc(Cl)c2)C1. The number of hydrogen-bond acceptors (Lipinski definition) is 3. The molecule has 3 nitrogen and oxygen atoms in total. The molecule has 2 aromatic rings. The van der Waals surface area contributed by atoms with Gasteiger partial charge in [0.2, 0.25) is 0 Å².